The van der Waals surface area contributed by atoms with Gasteiger partial charge < -0.3 is 0 Å². The van der Waals surface area contributed by atoms with Crippen LogP contribution in [-0.2, 0) is 6.54 Å². The first kappa shape index (κ1) is 13.7. The molecule has 1 aromatic carbocycles. The molecule has 0 amide bonds. The molecule has 1 saturated heterocycles. The van der Waals surface area contributed by atoms with Crippen LogP contribution in [0.5, 0.6) is 0 Å². The van der Waals surface area contributed by atoms with Crippen LogP contribution in [0.2, 0.25) is 0 Å². The topological polar surface area (TPSA) is 19.4 Å². The lowest BCUT2D eigenvalue weighted by Crippen LogP contribution is -2.46. The SMILES string of the molecule is Cc1nc(CN2CCN(C)C(c3ccccc3)C2)cs1. The van der Waals surface area contributed by atoms with Gasteiger partial charge in [0.25, 0.3) is 0 Å². The predicted molar refractivity (Wildman–Crippen MR) is 83.9 cm³/mol. The third kappa shape index (κ3) is 3.08. The molecule has 2 heterocycles. The van der Waals surface area contributed by atoms with Crippen molar-refractivity contribution < 1.29 is 0 Å². The highest BCUT2D eigenvalue weighted by Crippen LogP contribution is 2.24. The van der Waals surface area contributed by atoms with E-state index in [0.29, 0.717) is 6.04 Å². The zero-order valence-corrected chi connectivity index (χ0v) is 12.9. The molecule has 2 aromatic rings. The lowest BCUT2D eigenvalue weighted by Gasteiger charge is -2.39. The molecule has 0 N–H and O–H groups in total. The molecule has 0 spiro atoms. The number of piperazine rings is 1. The minimum absolute atomic E-state index is 0.490. The second-order valence-corrected chi connectivity index (χ2v) is 6.56. The van der Waals surface area contributed by atoms with Crippen LogP contribution in [0.3, 0.4) is 0 Å². The van der Waals surface area contributed by atoms with E-state index in [1.165, 1.54) is 11.3 Å². The summed E-state index contributed by atoms with van der Waals surface area (Å²) in [5.41, 5.74) is 2.62. The average molecular weight is 287 g/mol. The predicted octanol–water partition coefficient (Wildman–Crippen LogP) is 2.94. The summed E-state index contributed by atoms with van der Waals surface area (Å²) in [6.45, 7) is 6.36. The fourth-order valence-electron chi connectivity index (χ4n) is 2.82. The van der Waals surface area contributed by atoms with Crippen LogP contribution in [-0.4, -0.2) is 41.5 Å². The van der Waals surface area contributed by atoms with Gasteiger partial charge in [-0.25, -0.2) is 4.98 Å². The largest absolute Gasteiger partial charge is 0.297 e. The van der Waals surface area contributed by atoms with Crippen molar-refractivity contribution in [3.63, 3.8) is 0 Å². The van der Waals surface area contributed by atoms with E-state index >= 15 is 0 Å². The van der Waals surface area contributed by atoms with Gasteiger partial charge in [-0.3, -0.25) is 9.80 Å². The Labute approximate surface area is 124 Å². The summed E-state index contributed by atoms with van der Waals surface area (Å²) in [6.07, 6.45) is 0. The number of likely N-dealkylation sites (N-methyl/N-ethyl adjacent to an activating group) is 1. The summed E-state index contributed by atoms with van der Waals surface area (Å²) in [6, 6.07) is 11.3. The van der Waals surface area contributed by atoms with Gasteiger partial charge in [0.1, 0.15) is 0 Å². The van der Waals surface area contributed by atoms with Crippen LogP contribution in [0, 0.1) is 6.92 Å². The number of aromatic nitrogens is 1. The zero-order valence-electron chi connectivity index (χ0n) is 12.1. The van der Waals surface area contributed by atoms with Gasteiger partial charge in [-0.15, -0.1) is 11.3 Å². The molecule has 0 radical (unpaired) electrons. The van der Waals surface area contributed by atoms with E-state index in [1.807, 2.05) is 0 Å². The molecule has 1 aliphatic heterocycles. The third-order valence-corrected chi connectivity index (χ3v) is 4.79. The summed E-state index contributed by atoms with van der Waals surface area (Å²) in [7, 11) is 2.22. The lowest BCUT2D eigenvalue weighted by atomic mass is 10.0. The summed E-state index contributed by atoms with van der Waals surface area (Å²) in [5.74, 6) is 0. The van der Waals surface area contributed by atoms with Crippen molar-refractivity contribution in [2.45, 2.75) is 19.5 Å². The van der Waals surface area contributed by atoms with E-state index < -0.39 is 0 Å². The molecule has 1 aromatic heterocycles. The number of thiazole rings is 1. The summed E-state index contributed by atoms with van der Waals surface area (Å²) < 4.78 is 0. The highest BCUT2D eigenvalue weighted by molar-refractivity contribution is 7.09. The molecule has 1 fully saturated rings. The number of nitrogens with zero attached hydrogens (tertiary/aromatic N) is 3. The number of hydrogen-bond acceptors (Lipinski definition) is 4. The first-order chi connectivity index (χ1) is 9.72. The molecule has 0 aliphatic carbocycles. The van der Waals surface area contributed by atoms with Crippen LogP contribution in [0.15, 0.2) is 35.7 Å². The maximum Gasteiger partial charge on any atom is 0.0897 e. The Morgan fingerprint density at radius 1 is 1.25 bits per heavy atom. The van der Waals surface area contributed by atoms with Gasteiger partial charge in [0.2, 0.25) is 0 Å². The van der Waals surface area contributed by atoms with Crippen LogP contribution in [0.1, 0.15) is 22.3 Å². The fourth-order valence-corrected chi connectivity index (χ4v) is 3.42. The van der Waals surface area contributed by atoms with Gasteiger partial charge in [0.15, 0.2) is 0 Å². The molecule has 1 aliphatic rings. The lowest BCUT2D eigenvalue weighted by molar-refractivity contribution is 0.0897. The first-order valence-corrected chi connectivity index (χ1v) is 7.99. The molecule has 106 valence electrons. The molecule has 1 unspecified atom stereocenters. The first-order valence-electron chi connectivity index (χ1n) is 7.11. The fraction of sp³-hybridized carbons (Fsp3) is 0.438. The molecule has 20 heavy (non-hydrogen) atoms. The van der Waals surface area contributed by atoms with E-state index in [0.717, 1.165) is 31.2 Å². The van der Waals surface area contributed by atoms with Crippen LogP contribution in [0.4, 0.5) is 0 Å². The van der Waals surface area contributed by atoms with E-state index in [1.54, 1.807) is 11.3 Å². The second-order valence-electron chi connectivity index (χ2n) is 5.50. The molecule has 1 atom stereocenters. The summed E-state index contributed by atoms with van der Waals surface area (Å²) >= 11 is 1.74. The Morgan fingerprint density at radius 2 is 2.05 bits per heavy atom. The van der Waals surface area contributed by atoms with E-state index in [4.69, 9.17) is 0 Å². The summed E-state index contributed by atoms with van der Waals surface area (Å²) in [5, 5.41) is 3.35. The molecular formula is C16H21N3S. The van der Waals surface area contributed by atoms with E-state index in [9.17, 15) is 0 Å². The second kappa shape index (κ2) is 6.04. The normalized spacial score (nSPS) is 21.2. The Kier molecular flexibility index (Phi) is 4.15. The van der Waals surface area contributed by atoms with Gasteiger partial charge in [0, 0.05) is 37.6 Å². The number of benzene rings is 1. The van der Waals surface area contributed by atoms with Crippen molar-refractivity contribution in [1.82, 2.24) is 14.8 Å². The minimum Gasteiger partial charge on any atom is -0.297 e. The van der Waals surface area contributed by atoms with Gasteiger partial charge in [0.05, 0.1) is 10.7 Å². The maximum atomic E-state index is 4.58. The standard InChI is InChI=1S/C16H21N3S/c1-13-17-15(12-20-13)10-19-9-8-18(2)16(11-19)14-6-4-3-5-7-14/h3-7,12,16H,8-11H2,1-2H3. The smallest absolute Gasteiger partial charge is 0.0897 e. The quantitative estimate of drug-likeness (QED) is 0.865. The monoisotopic (exact) mass is 287 g/mol. The van der Waals surface area contributed by atoms with E-state index in [2.05, 4.69) is 64.5 Å². The Morgan fingerprint density at radius 3 is 2.75 bits per heavy atom. The van der Waals surface area contributed by atoms with Gasteiger partial charge in [-0.05, 0) is 19.5 Å². The van der Waals surface area contributed by atoms with Crippen LogP contribution in [0.25, 0.3) is 0 Å². The van der Waals surface area contributed by atoms with E-state index in [-0.39, 0.29) is 0 Å². The van der Waals surface area contributed by atoms with Crippen LogP contribution >= 0.6 is 11.3 Å². The van der Waals surface area contributed by atoms with Crippen LogP contribution < -0.4 is 0 Å². The Hall–Kier alpha value is -1.23. The van der Waals surface area contributed by atoms with Crippen molar-refractivity contribution in [2.75, 3.05) is 26.7 Å². The molecule has 0 bridgehead atoms. The maximum absolute atomic E-state index is 4.58. The molecule has 3 nitrogen and oxygen atoms in total. The highest BCUT2D eigenvalue weighted by atomic mass is 32.1. The van der Waals surface area contributed by atoms with Crippen molar-refractivity contribution >= 4 is 11.3 Å². The van der Waals surface area contributed by atoms with Gasteiger partial charge in [-0.2, -0.15) is 0 Å². The average Bonchev–Trinajstić information content (AvgIpc) is 2.87. The molecular weight excluding hydrogens is 266 g/mol. The molecule has 3 rings (SSSR count). The van der Waals surface area contributed by atoms with Crippen molar-refractivity contribution in [1.29, 1.82) is 0 Å². The Balaban J connectivity index is 1.70. The van der Waals surface area contributed by atoms with Gasteiger partial charge >= 0.3 is 0 Å². The van der Waals surface area contributed by atoms with Crippen molar-refractivity contribution in [3.05, 3.63) is 52.0 Å². The number of rotatable bonds is 3. The van der Waals surface area contributed by atoms with Crippen molar-refractivity contribution in [2.24, 2.45) is 0 Å². The van der Waals surface area contributed by atoms with Gasteiger partial charge in [-0.1, -0.05) is 30.3 Å². The minimum atomic E-state index is 0.490. The Bertz CT molecular complexity index is 552. The number of hydrogen-bond donors (Lipinski definition) is 0. The molecule has 4 heteroatoms. The zero-order chi connectivity index (χ0) is 13.9. The summed E-state index contributed by atoms with van der Waals surface area (Å²) in [4.78, 5) is 9.56. The number of aryl methyl sites for hydroxylation is 1. The molecule has 0 saturated carbocycles. The van der Waals surface area contributed by atoms with Crippen molar-refractivity contribution in [3.8, 4) is 0 Å². The third-order valence-electron chi connectivity index (χ3n) is 3.97. The highest BCUT2D eigenvalue weighted by Gasteiger charge is 2.25.